The molecule has 3 rings (SSSR count). The van der Waals surface area contributed by atoms with Crippen LogP contribution in [0, 0.1) is 0 Å². The van der Waals surface area contributed by atoms with E-state index in [1.807, 2.05) is 0 Å². The van der Waals surface area contributed by atoms with E-state index < -0.39 is 0 Å². The van der Waals surface area contributed by atoms with Crippen molar-refractivity contribution in [1.29, 1.82) is 0 Å². The molecule has 0 saturated carbocycles. The quantitative estimate of drug-likeness (QED) is 0.904. The third-order valence-corrected chi connectivity index (χ3v) is 4.80. The zero-order valence-corrected chi connectivity index (χ0v) is 12.6. The highest BCUT2D eigenvalue weighted by Gasteiger charge is 2.27. The summed E-state index contributed by atoms with van der Waals surface area (Å²) in [5, 5.41) is 4.59. The van der Waals surface area contributed by atoms with E-state index in [2.05, 4.69) is 51.4 Å². The van der Waals surface area contributed by atoms with E-state index in [0.29, 0.717) is 0 Å². The van der Waals surface area contributed by atoms with Gasteiger partial charge in [-0.2, -0.15) is 0 Å². The van der Waals surface area contributed by atoms with Crippen molar-refractivity contribution in [3.63, 3.8) is 0 Å². The van der Waals surface area contributed by atoms with Crippen LogP contribution in [-0.2, 0) is 4.74 Å². The van der Waals surface area contributed by atoms with Crippen LogP contribution >= 0.6 is 27.3 Å². The van der Waals surface area contributed by atoms with Gasteiger partial charge in [0.15, 0.2) is 5.13 Å². The summed E-state index contributed by atoms with van der Waals surface area (Å²) in [6.45, 7) is 3.91. The number of aromatic nitrogens is 1. The molecular formula is C13H15BrN2OS. The Balaban J connectivity index is 1.86. The maximum atomic E-state index is 5.41. The van der Waals surface area contributed by atoms with Crippen LogP contribution in [0.1, 0.15) is 19.8 Å². The van der Waals surface area contributed by atoms with Gasteiger partial charge in [0.25, 0.3) is 0 Å². The Morgan fingerprint density at radius 1 is 1.39 bits per heavy atom. The van der Waals surface area contributed by atoms with Gasteiger partial charge < -0.3 is 10.1 Å². The van der Waals surface area contributed by atoms with Crippen LogP contribution in [0.2, 0.25) is 0 Å². The second-order valence-corrected chi connectivity index (χ2v) is 6.88. The smallest absolute Gasteiger partial charge is 0.184 e. The van der Waals surface area contributed by atoms with Crippen molar-refractivity contribution >= 4 is 42.6 Å². The van der Waals surface area contributed by atoms with Crippen LogP contribution in [-0.4, -0.2) is 23.7 Å². The Morgan fingerprint density at radius 2 is 2.17 bits per heavy atom. The summed E-state index contributed by atoms with van der Waals surface area (Å²) in [6.07, 6.45) is 2.07. The zero-order chi connectivity index (χ0) is 12.6. The molecule has 96 valence electrons. The van der Waals surface area contributed by atoms with Gasteiger partial charge in [-0.3, -0.25) is 0 Å². The van der Waals surface area contributed by atoms with Crippen LogP contribution in [0.5, 0.6) is 0 Å². The normalized spacial score (nSPS) is 19.0. The van der Waals surface area contributed by atoms with E-state index in [1.165, 1.54) is 4.70 Å². The van der Waals surface area contributed by atoms with Gasteiger partial charge in [0.05, 0.1) is 10.2 Å². The van der Waals surface area contributed by atoms with Crippen molar-refractivity contribution < 1.29 is 4.74 Å². The predicted molar refractivity (Wildman–Crippen MR) is 79.4 cm³/mol. The van der Waals surface area contributed by atoms with Crippen molar-refractivity contribution in [3.05, 3.63) is 22.7 Å². The number of nitrogens with one attached hydrogen (secondary N) is 1. The molecule has 0 bridgehead atoms. The Labute approximate surface area is 119 Å². The van der Waals surface area contributed by atoms with Gasteiger partial charge >= 0.3 is 0 Å². The number of ether oxygens (including phenoxy) is 1. The summed E-state index contributed by atoms with van der Waals surface area (Å²) in [4.78, 5) is 4.65. The van der Waals surface area contributed by atoms with Crippen LogP contribution in [0.4, 0.5) is 5.13 Å². The summed E-state index contributed by atoms with van der Waals surface area (Å²) in [7, 11) is 0. The van der Waals surface area contributed by atoms with Gasteiger partial charge in [0.1, 0.15) is 0 Å². The number of halogens is 1. The molecule has 2 aromatic rings. The zero-order valence-electron chi connectivity index (χ0n) is 10.2. The molecule has 3 nitrogen and oxygen atoms in total. The maximum Gasteiger partial charge on any atom is 0.184 e. The molecule has 1 aliphatic heterocycles. The summed E-state index contributed by atoms with van der Waals surface area (Å²) < 4.78 is 7.71. The minimum atomic E-state index is 0.114. The highest BCUT2D eigenvalue weighted by Crippen LogP contribution is 2.32. The molecule has 1 aliphatic rings. The lowest BCUT2D eigenvalue weighted by Crippen LogP contribution is -2.40. The van der Waals surface area contributed by atoms with Crippen molar-refractivity contribution in [1.82, 2.24) is 4.98 Å². The molecule has 0 aliphatic carbocycles. The van der Waals surface area contributed by atoms with Gasteiger partial charge in [-0.25, -0.2) is 4.98 Å². The average molecular weight is 327 g/mol. The van der Waals surface area contributed by atoms with Crippen LogP contribution in [0.3, 0.4) is 0 Å². The minimum Gasteiger partial charge on any atom is -0.381 e. The predicted octanol–water partition coefficient (Wildman–Crippen LogP) is 4.04. The molecule has 0 spiro atoms. The third-order valence-electron chi connectivity index (χ3n) is 3.35. The first-order chi connectivity index (χ1) is 8.65. The Hall–Kier alpha value is -0.650. The van der Waals surface area contributed by atoms with Crippen LogP contribution in [0.25, 0.3) is 10.2 Å². The highest BCUT2D eigenvalue weighted by atomic mass is 79.9. The van der Waals surface area contributed by atoms with E-state index in [9.17, 15) is 0 Å². The van der Waals surface area contributed by atoms with Gasteiger partial charge in [-0.1, -0.05) is 27.3 Å². The first kappa shape index (κ1) is 12.4. The number of nitrogens with zero attached hydrogens (tertiary/aromatic N) is 1. The molecule has 2 heterocycles. The third kappa shape index (κ3) is 2.53. The fourth-order valence-corrected chi connectivity index (χ4v) is 3.50. The molecule has 1 saturated heterocycles. The van der Waals surface area contributed by atoms with Crippen LogP contribution < -0.4 is 5.32 Å². The van der Waals surface area contributed by atoms with Gasteiger partial charge in [0, 0.05) is 23.2 Å². The lowest BCUT2D eigenvalue weighted by Gasteiger charge is -2.34. The monoisotopic (exact) mass is 326 g/mol. The summed E-state index contributed by atoms with van der Waals surface area (Å²) in [6, 6.07) is 6.22. The number of fused-ring (bicyclic) bond motifs is 1. The van der Waals surface area contributed by atoms with E-state index in [4.69, 9.17) is 4.74 Å². The molecule has 0 unspecified atom stereocenters. The van der Waals surface area contributed by atoms with Crippen molar-refractivity contribution in [2.45, 2.75) is 25.3 Å². The molecule has 0 amide bonds. The number of benzene rings is 1. The topological polar surface area (TPSA) is 34.2 Å². The number of thiazole rings is 1. The number of hydrogen-bond donors (Lipinski definition) is 1. The van der Waals surface area contributed by atoms with Crippen LogP contribution in [0.15, 0.2) is 22.7 Å². The second kappa shape index (κ2) is 4.79. The lowest BCUT2D eigenvalue weighted by atomic mass is 9.93. The molecule has 18 heavy (non-hydrogen) atoms. The highest BCUT2D eigenvalue weighted by molar-refractivity contribution is 9.10. The second-order valence-electron chi connectivity index (χ2n) is 4.93. The standard InChI is InChI=1S/C13H15BrN2OS/c1-13(4-6-17-7-5-13)16-12-15-10-8-9(14)2-3-11(10)18-12/h2-3,8H,4-7H2,1H3,(H,15,16). The summed E-state index contributed by atoms with van der Waals surface area (Å²) >= 11 is 5.19. The maximum absolute atomic E-state index is 5.41. The Kier molecular flexibility index (Phi) is 3.30. The summed E-state index contributed by atoms with van der Waals surface area (Å²) in [5.41, 5.74) is 1.16. The van der Waals surface area contributed by atoms with E-state index in [0.717, 1.165) is 41.2 Å². The number of hydrogen-bond acceptors (Lipinski definition) is 4. The largest absolute Gasteiger partial charge is 0.381 e. The van der Waals surface area contributed by atoms with Crippen molar-refractivity contribution in [3.8, 4) is 0 Å². The minimum absolute atomic E-state index is 0.114. The first-order valence-electron chi connectivity index (χ1n) is 6.07. The molecule has 5 heteroatoms. The van der Waals surface area contributed by atoms with E-state index >= 15 is 0 Å². The average Bonchev–Trinajstić information content (AvgIpc) is 2.70. The van der Waals surface area contributed by atoms with Gasteiger partial charge in [-0.05, 0) is 38.0 Å². The summed E-state index contributed by atoms with van der Waals surface area (Å²) in [5.74, 6) is 0. The number of anilines is 1. The van der Waals surface area contributed by atoms with Crippen molar-refractivity contribution in [2.75, 3.05) is 18.5 Å². The Bertz CT molecular complexity index is 563. The molecule has 1 aromatic heterocycles. The first-order valence-corrected chi connectivity index (χ1v) is 7.68. The van der Waals surface area contributed by atoms with E-state index in [-0.39, 0.29) is 5.54 Å². The van der Waals surface area contributed by atoms with E-state index in [1.54, 1.807) is 11.3 Å². The SMILES string of the molecule is CC1(Nc2nc3cc(Br)ccc3s2)CCOCC1. The fourth-order valence-electron chi connectivity index (χ4n) is 2.16. The number of rotatable bonds is 2. The molecular weight excluding hydrogens is 312 g/mol. The fraction of sp³-hybridized carbons (Fsp3) is 0.462. The van der Waals surface area contributed by atoms with Gasteiger partial charge in [0.2, 0.25) is 0 Å². The Morgan fingerprint density at radius 3 is 2.94 bits per heavy atom. The van der Waals surface area contributed by atoms with Crippen molar-refractivity contribution in [2.24, 2.45) is 0 Å². The van der Waals surface area contributed by atoms with Gasteiger partial charge in [-0.15, -0.1) is 0 Å². The molecule has 1 fully saturated rings. The molecule has 0 atom stereocenters. The molecule has 1 N–H and O–H groups in total. The molecule has 1 aromatic carbocycles. The lowest BCUT2D eigenvalue weighted by molar-refractivity contribution is 0.0658. The molecule has 0 radical (unpaired) electrons.